The number of aromatic amines is 1. The molecule has 0 radical (unpaired) electrons. The lowest BCUT2D eigenvalue weighted by Gasteiger charge is -2.03. The Bertz CT molecular complexity index is 1010. The summed E-state index contributed by atoms with van der Waals surface area (Å²) >= 11 is 0. The number of H-pyrrole nitrogens is 1. The van der Waals surface area contributed by atoms with Gasteiger partial charge in [0.2, 0.25) is 5.91 Å². The number of carbonyl (C=O) groups is 1. The van der Waals surface area contributed by atoms with E-state index >= 15 is 0 Å². The van der Waals surface area contributed by atoms with E-state index in [9.17, 15) is 4.79 Å². The van der Waals surface area contributed by atoms with Gasteiger partial charge in [-0.3, -0.25) is 9.89 Å². The molecular weight excluding hydrogens is 320 g/mol. The van der Waals surface area contributed by atoms with Crippen LogP contribution < -0.4 is 5.32 Å². The molecule has 0 saturated heterocycles. The van der Waals surface area contributed by atoms with Gasteiger partial charge in [0.25, 0.3) is 0 Å². The summed E-state index contributed by atoms with van der Waals surface area (Å²) in [5.41, 5.74) is 3.17. The van der Waals surface area contributed by atoms with Crippen molar-refractivity contribution in [1.82, 2.24) is 30.8 Å². The van der Waals surface area contributed by atoms with E-state index in [1.807, 2.05) is 42.5 Å². The Balaban J connectivity index is 1.36. The van der Waals surface area contributed by atoms with Crippen LogP contribution in [0.25, 0.3) is 22.4 Å². The molecular formula is C17H14N6O2. The number of nitrogens with zero attached hydrogens (tertiary/aromatic N) is 4. The maximum atomic E-state index is 12.1. The molecule has 1 amide bonds. The number of rotatable bonds is 5. The standard InChI is InChI=1S/C17H14N6O2/c24-16(18-10-11-6-7-13-14(8-11)23-25-22-13)9-15-19-17(21-20-15)12-4-2-1-3-5-12/h1-8H,9-10H2,(H,18,24)(H,19,20,21). The van der Waals surface area contributed by atoms with Crippen LogP contribution in [0.2, 0.25) is 0 Å². The molecule has 0 unspecified atom stereocenters. The van der Waals surface area contributed by atoms with E-state index in [4.69, 9.17) is 0 Å². The Kier molecular flexibility index (Phi) is 3.91. The predicted molar refractivity (Wildman–Crippen MR) is 89.2 cm³/mol. The normalized spacial score (nSPS) is 10.9. The molecule has 0 bridgehead atoms. The van der Waals surface area contributed by atoms with E-state index in [1.165, 1.54) is 0 Å². The van der Waals surface area contributed by atoms with E-state index in [0.29, 0.717) is 29.2 Å². The first kappa shape index (κ1) is 15.0. The lowest BCUT2D eigenvalue weighted by Crippen LogP contribution is -2.25. The lowest BCUT2D eigenvalue weighted by molar-refractivity contribution is -0.120. The number of hydrogen-bond donors (Lipinski definition) is 2. The second-order valence-corrected chi connectivity index (χ2v) is 5.51. The highest BCUT2D eigenvalue weighted by Crippen LogP contribution is 2.14. The van der Waals surface area contributed by atoms with Gasteiger partial charge in [-0.15, -0.1) is 0 Å². The van der Waals surface area contributed by atoms with Crippen LogP contribution in [0.15, 0.2) is 53.2 Å². The predicted octanol–water partition coefficient (Wildman–Crippen LogP) is 1.87. The van der Waals surface area contributed by atoms with Gasteiger partial charge in [0.05, 0.1) is 6.42 Å². The van der Waals surface area contributed by atoms with Crippen molar-refractivity contribution < 1.29 is 9.42 Å². The van der Waals surface area contributed by atoms with Crippen LogP contribution in [0.4, 0.5) is 0 Å². The summed E-state index contributed by atoms with van der Waals surface area (Å²) < 4.78 is 4.66. The van der Waals surface area contributed by atoms with Gasteiger partial charge < -0.3 is 5.32 Å². The SMILES string of the molecule is O=C(Cc1nc(-c2ccccc2)n[nH]1)NCc1ccc2nonc2c1. The Morgan fingerprint density at radius 1 is 1.08 bits per heavy atom. The second kappa shape index (κ2) is 6.52. The van der Waals surface area contributed by atoms with Crippen molar-refractivity contribution in [3.05, 3.63) is 59.9 Å². The van der Waals surface area contributed by atoms with E-state index in [1.54, 1.807) is 6.07 Å². The molecule has 8 nitrogen and oxygen atoms in total. The fraction of sp³-hybridized carbons (Fsp3) is 0.118. The summed E-state index contributed by atoms with van der Waals surface area (Å²) in [5.74, 6) is 0.953. The van der Waals surface area contributed by atoms with Crippen molar-refractivity contribution in [1.29, 1.82) is 0 Å². The molecule has 0 fully saturated rings. The van der Waals surface area contributed by atoms with Crippen LogP contribution in [0.5, 0.6) is 0 Å². The molecule has 0 spiro atoms. The monoisotopic (exact) mass is 334 g/mol. The number of aromatic nitrogens is 5. The summed E-state index contributed by atoms with van der Waals surface area (Å²) in [4.78, 5) is 16.5. The average molecular weight is 334 g/mol. The molecule has 0 saturated carbocycles. The first-order chi connectivity index (χ1) is 12.3. The molecule has 4 aromatic rings. The van der Waals surface area contributed by atoms with Crippen LogP contribution >= 0.6 is 0 Å². The quantitative estimate of drug-likeness (QED) is 0.576. The Hall–Kier alpha value is -3.55. The van der Waals surface area contributed by atoms with Crippen molar-refractivity contribution >= 4 is 16.9 Å². The van der Waals surface area contributed by atoms with Crippen molar-refractivity contribution in [3.8, 4) is 11.4 Å². The van der Waals surface area contributed by atoms with Crippen molar-refractivity contribution in [2.45, 2.75) is 13.0 Å². The average Bonchev–Trinajstić information content (AvgIpc) is 3.29. The molecule has 2 aromatic heterocycles. The second-order valence-electron chi connectivity index (χ2n) is 5.51. The molecule has 8 heteroatoms. The summed E-state index contributed by atoms with van der Waals surface area (Å²) in [6, 6.07) is 15.1. The molecule has 124 valence electrons. The number of hydrogen-bond acceptors (Lipinski definition) is 6. The highest BCUT2D eigenvalue weighted by Gasteiger charge is 2.10. The molecule has 2 aromatic carbocycles. The molecule has 25 heavy (non-hydrogen) atoms. The van der Waals surface area contributed by atoms with Crippen molar-refractivity contribution in [2.75, 3.05) is 0 Å². The molecule has 0 aliphatic heterocycles. The third-order valence-corrected chi connectivity index (χ3v) is 3.70. The summed E-state index contributed by atoms with van der Waals surface area (Å²) in [5, 5.41) is 17.3. The maximum absolute atomic E-state index is 12.1. The zero-order valence-electron chi connectivity index (χ0n) is 13.1. The minimum Gasteiger partial charge on any atom is -0.352 e. The van der Waals surface area contributed by atoms with Gasteiger partial charge in [-0.05, 0) is 28.0 Å². The van der Waals surface area contributed by atoms with Crippen LogP contribution in [-0.2, 0) is 17.8 Å². The Morgan fingerprint density at radius 2 is 1.92 bits per heavy atom. The van der Waals surface area contributed by atoms with E-state index in [2.05, 4.69) is 35.4 Å². The Labute approximate surface area is 142 Å². The van der Waals surface area contributed by atoms with Crippen LogP contribution in [-0.4, -0.2) is 31.4 Å². The van der Waals surface area contributed by atoms with Gasteiger partial charge in [0.1, 0.15) is 16.9 Å². The Morgan fingerprint density at radius 3 is 2.80 bits per heavy atom. The summed E-state index contributed by atoms with van der Waals surface area (Å²) in [6.45, 7) is 0.390. The highest BCUT2D eigenvalue weighted by molar-refractivity contribution is 5.78. The minimum atomic E-state index is -0.144. The summed E-state index contributed by atoms with van der Waals surface area (Å²) in [6.07, 6.45) is 0.133. The highest BCUT2D eigenvalue weighted by atomic mass is 16.6. The van der Waals surface area contributed by atoms with E-state index in [-0.39, 0.29) is 12.3 Å². The minimum absolute atomic E-state index is 0.133. The zero-order valence-corrected chi connectivity index (χ0v) is 13.1. The zero-order chi connectivity index (χ0) is 17.1. The molecule has 4 rings (SSSR count). The molecule has 0 aliphatic rings. The number of benzene rings is 2. The van der Waals surface area contributed by atoms with Crippen LogP contribution in [0.1, 0.15) is 11.4 Å². The van der Waals surface area contributed by atoms with Gasteiger partial charge in [-0.25, -0.2) is 9.61 Å². The van der Waals surface area contributed by atoms with Gasteiger partial charge in [0.15, 0.2) is 5.82 Å². The van der Waals surface area contributed by atoms with Crippen LogP contribution in [0.3, 0.4) is 0 Å². The number of carbonyl (C=O) groups excluding carboxylic acids is 1. The van der Waals surface area contributed by atoms with E-state index < -0.39 is 0 Å². The smallest absolute Gasteiger partial charge is 0.227 e. The molecule has 2 heterocycles. The molecule has 0 atom stereocenters. The maximum Gasteiger partial charge on any atom is 0.227 e. The summed E-state index contributed by atoms with van der Waals surface area (Å²) in [7, 11) is 0. The number of nitrogens with one attached hydrogen (secondary N) is 2. The van der Waals surface area contributed by atoms with E-state index in [0.717, 1.165) is 11.1 Å². The van der Waals surface area contributed by atoms with Crippen LogP contribution in [0, 0.1) is 0 Å². The first-order valence-electron chi connectivity index (χ1n) is 7.72. The third kappa shape index (κ3) is 3.37. The third-order valence-electron chi connectivity index (χ3n) is 3.70. The lowest BCUT2D eigenvalue weighted by atomic mass is 10.2. The number of amides is 1. The van der Waals surface area contributed by atoms with Crippen molar-refractivity contribution in [2.24, 2.45) is 0 Å². The topological polar surface area (TPSA) is 110 Å². The van der Waals surface area contributed by atoms with Gasteiger partial charge in [-0.2, -0.15) is 5.10 Å². The van der Waals surface area contributed by atoms with Gasteiger partial charge in [-0.1, -0.05) is 36.4 Å². The largest absolute Gasteiger partial charge is 0.352 e. The molecule has 2 N–H and O–H groups in total. The number of fused-ring (bicyclic) bond motifs is 1. The van der Waals surface area contributed by atoms with Crippen molar-refractivity contribution in [3.63, 3.8) is 0 Å². The fourth-order valence-electron chi connectivity index (χ4n) is 2.44. The fourth-order valence-corrected chi connectivity index (χ4v) is 2.44. The first-order valence-corrected chi connectivity index (χ1v) is 7.72. The molecule has 0 aliphatic carbocycles. The van der Waals surface area contributed by atoms with Gasteiger partial charge >= 0.3 is 0 Å². The van der Waals surface area contributed by atoms with Gasteiger partial charge in [0, 0.05) is 12.1 Å².